The van der Waals surface area contributed by atoms with Crippen LogP contribution in [0.2, 0.25) is 0 Å². The first-order chi connectivity index (χ1) is 11.1. The molecule has 2 heterocycles. The zero-order valence-electron chi connectivity index (χ0n) is 13.9. The van der Waals surface area contributed by atoms with E-state index in [1.54, 1.807) is 0 Å². The van der Waals surface area contributed by atoms with Gasteiger partial charge in [-0.25, -0.2) is 9.97 Å². The monoisotopic (exact) mass is 310 g/mol. The van der Waals surface area contributed by atoms with Crippen LogP contribution in [0, 0.1) is 20.8 Å². The van der Waals surface area contributed by atoms with Crippen LogP contribution in [0.15, 0.2) is 24.3 Å². The van der Waals surface area contributed by atoms with Gasteiger partial charge in [0, 0.05) is 18.7 Å². The first-order valence-electron chi connectivity index (χ1n) is 8.03. The number of carbonyl (C=O) groups excluding carboxylic acids is 1. The van der Waals surface area contributed by atoms with Crippen molar-refractivity contribution in [2.24, 2.45) is 0 Å². The van der Waals surface area contributed by atoms with E-state index in [1.807, 2.05) is 45.0 Å². The van der Waals surface area contributed by atoms with Gasteiger partial charge < -0.3 is 10.2 Å². The van der Waals surface area contributed by atoms with Gasteiger partial charge in [-0.3, -0.25) is 4.79 Å². The summed E-state index contributed by atoms with van der Waals surface area (Å²) in [6.07, 6.45) is 2.38. The van der Waals surface area contributed by atoms with E-state index in [2.05, 4.69) is 20.2 Å². The number of nitrogens with one attached hydrogen (secondary N) is 1. The third kappa shape index (κ3) is 3.18. The Morgan fingerprint density at radius 2 is 1.65 bits per heavy atom. The summed E-state index contributed by atoms with van der Waals surface area (Å²) in [4.78, 5) is 23.9. The second-order valence-electron chi connectivity index (χ2n) is 6.03. The van der Waals surface area contributed by atoms with Crippen molar-refractivity contribution in [1.82, 2.24) is 9.97 Å². The maximum absolute atomic E-state index is 12.5. The maximum Gasteiger partial charge on any atom is 0.256 e. The Morgan fingerprint density at radius 1 is 1.04 bits per heavy atom. The van der Waals surface area contributed by atoms with Crippen LogP contribution in [-0.4, -0.2) is 29.0 Å². The molecule has 1 N–H and O–H groups in total. The summed E-state index contributed by atoms with van der Waals surface area (Å²) in [6, 6.07) is 7.56. The van der Waals surface area contributed by atoms with Gasteiger partial charge in [0.25, 0.3) is 5.91 Å². The molecule has 2 aromatic rings. The molecule has 0 aliphatic carbocycles. The molecule has 1 aliphatic rings. The van der Waals surface area contributed by atoms with Crippen molar-refractivity contribution in [1.29, 1.82) is 0 Å². The molecular formula is C18H22N4O. The number of nitrogens with zero attached hydrogens (tertiary/aromatic N) is 3. The first-order valence-corrected chi connectivity index (χ1v) is 8.03. The molecule has 1 aliphatic heterocycles. The van der Waals surface area contributed by atoms with Crippen LogP contribution in [0.3, 0.4) is 0 Å². The summed E-state index contributed by atoms with van der Waals surface area (Å²) in [7, 11) is 0. The Hall–Kier alpha value is -2.43. The third-order valence-electron chi connectivity index (χ3n) is 4.28. The molecule has 1 aromatic heterocycles. The fraction of sp³-hybridized carbons (Fsp3) is 0.389. The van der Waals surface area contributed by atoms with Crippen molar-refractivity contribution in [2.45, 2.75) is 33.6 Å². The lowest BCUT2D eigenvalue weighted by Crippen LogP contribution is -2.22. The number of benzene rings is 1. The van der Waals surface area contributed by atoms with Crippen LogP contribution in [0.25, 0.3) is 0 Å². The number of aromatic nitrogens is 2. The molecule has 0 unspecified atom stereocenters. The lowest BCUT2D eigenvalue weighted by atomic mass is 10.1. The van der Waals surface area contributed by atoms with Crippen LogP contribution in [0.1, 0.15) is 40.2 Å². The van der Waals surface area contributed by atoms with Crippen molar-refractivity contribution in [3.63, 3.8) is 0 Å². The van der Waals surface area contributed by atoms with Gasteiger partial charge in [0.1, 0.15) is 0 Å². The lowest BCUT2D eigenvalue weighted by Gasteiger charge is -2.18. The van der Waals surface area contributed by atoms with Crippen molar-refractivity contribution in [3.05, 3.63) is 46.8 Å². The van der Waals surface area contributed by atoms with Crippen molar-refractivity contribution in [3.8, 4) is 0 Å². The lowest BCUT2D eigenvalue weighted by molar-refractivity contribution is 0.102. The van der Waals surface area contributed by atoms with Crippen LogP contribution in [0.5, 0.6) is 0 Å². The average molecular weight is 310 g/mol. The van der Waals surface area contributed by atoms with Gasteiger partial charge in [0.15, 0.2) is 0 Å². The number of hydrogen-bond acceptors (Lipinski definition) is 4. The van der Waals surface area contributed by atoms with E-state index < -0.39 is 0 Å². The standard InChI is InChI=1S/C18H22N4O/c1-12-8-4-5-9-15(12)17(23)21-16-13(2)19-18(20-14(16)3)22-10-6-7-11-22/h4-5,8-9H,6-7,10-11H2,1-3H3,(H,21,23). The molecule has 1 fully saturated rings. The number of rotatable bonds is 3. The fourth-order valence-electron chi connectivity index (χ4n) is 2.95. The van der Waals surface area contributed by atoms with Crippen molar-refractivity contribution >= 4 is 17.5 Å². The summed E-state index contributed by atoms with van der Waals surface area (Å²) < 4.78 is 0. The normalized spacial score (nSPS) is 14.1. The molecule has 0 radical (unpaired) electrons. The Labute approximate surface area is 136 Å². The second kappa shape index (κ2) is 6.36. The predicted octanol–water partition coefficient (Wildman–Crippen LogP) is 3.25. The van der Waals surface area contributed by atoms with Gasteiger partial charge in [-0.15, -0.1) is 0 Å². The summed E-state index contributed by atoms with van der Waals surface area (Å²) in [5.74, 6) is 0.651. The minimum atomic E-state index is -0.119. The quantitative estimate of drug-likeness (QED) is 0.945. The van der Waals surface area contributed by atoms with Gasteiger partial charge in [-0.1, -0.05) is 18.2 Å². The largest absolute Gasteiger partial charge is 0.341 e. The number of carbonyl (C=O) groups is 1. The van der Waals surface area contributed by atoms with E-state index in [1.165, 1.54) is 12.8 Å². The van der Waals surface area contributed by atoms with Gasteiger partial charge in [0.05, 0.1) is 17.1 Å². The molecular weight excluding hydrogens is 288 g/mol. The predicted molar refractivity (Wildman–Crippen MR) is 92.1 cm³/mol. The highest BCUT2D eigenvalue weighted by Gasteiger charge is 2.19. The number of anilines is 2. The number of hydrogen-bond donors (Lipinski definition) is 1. The molecule has 0 atom stereocenters. The number of aryl methyl sites for hydroxylation is 3. The summed E-state index contributed by atoms with van der Waals surface area (Å²) in [6.45, 7) is 7.78. The Kier molecular flexibility index (Phi) is 4.28. The van der Waals surface area contributed by atoms with Crippen LogP contribution >= 0.6 is 0 Å². The van der Waals surface area contributed by atoms with E-state index in [4.69, 9.17) is 0 Å². The van der Waals surface area contributed by atoms with Crippen molar-refractivity contribution < 1.29 is 4.79 Å². The van der Waals surface area contributed by atoms with E-state index in [9.17, 15) is 4.79 Å². The summed E-state index contributed by atoms with van der Waals surface area (Å²) in [5.41, 5.74) is 3.95. The highest BCUT2D eigenvalue weighted by atomic mass is 16.1. The van der Waals surface area contributed by atoms with Crippen molar-refractivity contribution in [2.75, 3.05) is 23.3 Å². The summed E-state index contributed by atoms with van der Waals surface area (Å²) >= 11 is 0. The Balaban J connectivity index is 1.85. The van der Waals surface area contributed by atoms with Gasteiger partial charge >= 0.3 is 0 Å². The van der Waals surface area contributed by atoms with E-state index in [-0.39, 0.29) is 5.91 Å². The molecule has 0 saturated carbocycles. The molecule has 1 aromatic carbocycles. The Morgan fingerprint density at radius 3 is 2.26 bits per heavy atom. The smallest absolute Gasteiger partial charge is 0.256 e. The molecule has 0 bridgehead atoms. The van der Waals surface area contributed by atoms with E-state index >= 15 is 0 Å². The highest BCUT2D eigenvalue weighted by Crippen LogP contribution is 2.23. The molecule has 23 heavy (non-hydrogen) atoms. The highest BCUT2D eigenvalue weighted by molar-refractivity contribution is 6.05. The minimum absolute atomic E-state index is 0.119. The molecule has 1 amide bonds. The van der Waals surface area contributed by atoms with Gasteiger partial charge in [0.2, 0.25) is 5.95 Å². The first kappa shape index (κ1) is 15.5. The van der Waals surface area contributed by atoms with E-state index in [0.717, 1.165) is 36.0 Å². The minimum Gasteiger partial charge on any atom is -0.341 e. The Bertz CT molecular complexity index is 713. The van der Waals surface area contributed by atoms with Crippen LogP contribution < -0.4 is 10.2 Å². The SMILES string of the molecule is Cc1ccccc1C(=O)Nc1c(C)nc(N2CCCC2)nc1C. The number of amides is 1. The van der Waals surface area contributed by atoms with E-state index in [0.29, 0.717) is 11.3 Å². The van der Waals surface area contributed by atoms with Crippen LogP contribution in [0.4, 0.5) is 11.6 Å². The van der Waals surface area contributed by atoms with Gasteiger partial charge in [-0.2, -0.15) is 0 Å². The van der Waals surface area contributed by atoms with Gasteiger partial charge in [-0.05, 0) is 45.2 Å². The third-order valence-corrected chi connectivity index (χ3v) is 4.28. The zero-order chi connectivity index (χ0) is 16.4. The fourth-order valence-corrected chi connectivity index (χ4v) is 2.95. The molecule has 120 valence electrons. The summed E-state index contributed by atoms with van der Waals surface area (Å²) in [5, 5.41) is 2.97. The average Bonchev–Trinajstić information content (AvgIpc) is 3.05. The molecule has 1 saturated heterocycles. The molecule has 3 rings (SSSR count). The maximum atomic E-state index is 12.5. The molecule has 5 nitrogen and oxygen atoms in total. The molecule has 5 heteroatoms. The second-order valence-corrected chi connectivity index (χ2v) is 6.03. The zero-order valence-corrected chi connectivity index (χ0v) is 13.9. The van der Waals surface area contributed by atoms with Crippen LogP contribution in [-0.2, 0) is 0 Å². The topological polar surface area (TPSA) is 58.1 Å². The molecule has 0 spiro atoms.